The Kier molecular flexibility index (Phi) is 6.15. The number of fused-ring (bicyclic) bond motifs is 1. The number of nitrogens with one attached hydrogen (secondary N) is 2. The van der Waals surface area contributed by atoms with Gasteiger partial charge in [0.2, 0.25) is 5.91 Å². The Morgan fingerprint density at radius 2 is 2.00 bits per heavy atom. The first-order valence-corrected chi connectivity index (χ1v) is 9.76. The third-order valence-corrected chi connectivity index (χ3v) is 5.15. The maximum Gasteiger partial charge on any atom is 0.305 e. The number of hydrazine groups is 1. The molecule has 1 aromatic carbocycles. The maximum atomic E-state index is 12.9. The van der Waals surface area contributed by atoms with Gasteiger partial charge >= 0.3 is 5.91 Å². The Bertz CT molecular complexity index is 1050. The van der Waals surface area contributed by atoms with E-state index in [4.69, 9.17) is 4.42 Å². The van der Waals surface area contributed by atoms with Gasteiger partial charge in [-0.2, -0.15) is 0 Å². The highest BCUT2D eigenvalue weighted by Gasteiger charge is 2.17. The first-order chi connectivity index (χ1) is 13.5. The second-order valence-electron chi connectivity index (χ2n) is 6.11. The minimum atomic E-state index is -0.552. The van der Waals surface area contributed by atoms with Crippen molar-refractivity contribution in [3.8, 4) is 0 Å². The standard InChI is InChI=1S/C19H20N4O4S/c1-3-12(2)23-18(26)13-7-4-5-8-14(13)20-19(23)28-11-16(24)21-22-17(25)15-9-6-10-27-15/h4-10,12H,3,11H2,1-2H3,(H,21,24)(H,22,25)/t12-/m1/s1. The van der Waals surface area contributed by atoms with Crippen molar-refractivity contribution in [3.63, 3.8) is 0 Å². The van der Waals surface area contributed by atoms with E-state index >= 15 is 0 Å². The number of para-hydroxylation sites is 1. The third-order valence-electron chi connectivity index (χ3n) is 4.20. The molecule has 0 spiro atoms. The van der Waals surface area contributed by atoms with Crippen LogP contribution in [0, 0.1) is 0 Å². The van der Waals surface area contributed by atoms with Crippen molar-refractivity contribution in [3.05, 3.63) is 58.8 Å². The summed E-state index contributed by atoms with van der Waals surface area (Å²) >= 11 is 1.14. The number of aromatic nitrogens is 2. The van der Waals surface area contributed by atoms with Crippen LogP contribution in [0.15, 0.2) is 57.0 Å². The molecule has 0 bridgehead atoms. The molecule has 1 atom stereocenters. The monoisotopic (exact) mass is 400 g/mol. The van der Waals surface area contributed by atoms with E-state index in [2.05, 4.69) is 15.8 Å². The highest BCUT2D eigenvalue weighted by molar-refractivity contribution is 7.99. The third kappa shape index (κ3) is 4.25. The van der Waals surface area contributed by atoms with Crippen LogP contribution in [0.3, 0.4) is 0 Å². The smallest absolute Gasteiger partial charge is 0.305 e. The molecule has 0 aliphatic carbocycles. The minimum absolute atomic E-state index is 0.0142. The summed E-state index contributed by atoms with van der Waals surface area (Å²) in [5, 5.41) is 1.01. The van der Waals surface area contributed by atoms with E-state index in [1.165, 1.54) is 12.3 Å². The first-order valence-electron chi connectivity index (χ1n) is 8.78. The van der Waals surface area contributed by atoms with Crippen molar-refractivity contribution in [2.75, 3.05) is 5.75 Å². The largest absolute Gasteiger partial charge is 0.459 e. The number of benzene rings is 1. The number of thioether (sulfide) groups is 1. The number of carbonyl (C=O) groups is 2. The second-order valence-corrected chi connectivity index (χ2v) is 7.05. The van der Waals surface area contributed by atoms with Crippen molar-refractivity contribution in [2.24, 2.45) is 0 Å². The van der Waals surface area contributed by atoms with Crippen LogP contribution in [0.5, 0.6) is 0 Å². The van der Waals surface area contributed by atoms with E-state index in [9.17, 15) is 14.4 Å². The van der Waals surface area contributed by atoms with E-state index in [1.807, 2.05) is 19.9 Å². The Balaban J connectivity index is 1.73. The summed E-state index contributed by atoms with van der Waals surface area (Å²) in [6.45, 7) is 3.92. The lowest BCUT2D eigenvalue weighted by Gasteiger charge is -2.18. The normalized spacial score (nSPS) is 11.9. The van der Waals surface area contributed by atoms with Crippen LogP contribution < -0.4 is 16.4 Å². The molecule has 0 aliphatic heterocycles. The number of rotatable bonds is 6. The van der Waals surface area contributed by atoms with Crippen molar-refractivity contribution in [1.82, 2.24) is 20.4 Å². The van der Waals surface area contributed by atoms with E-state index in [0.717, 1.165) is 18.2 Å². The lowest BCUT2D eigenvalue weighted by molar-refractivity contribution is -0.119. The molecule has 2 heterocycles. The molecule has 2 N–H and O–H groups in total. The number of hydrogen-bond acceptors (Lipinski definition) is 6. The zero-order valence-corrected chi connectivity index (χ0v) is 16.3. The Labute approximate surface area is 165 Å². The summed E-state index contributed by atoms with van der Waals surface area (Å²) in [5.74, 6) is -0.902. The molecule has 9 heteroatoms. The van der Waals surface area contributed by atoms with Gasteiger partial charge < -0.3 is 4.42 Å². The number of amides is 2. The summed E-state index contributed by atoms with van der Waals surface area (Å²) in [4.78, 5) is 41.3. The molecule has 0 saturated heterocycles. The highest BCUT2D eigenvalue weighted by Crippen LogP contribution is 2.22. The topological polar surface area (TPSA) is 106 Å². The van der Waals surface area contributed by atoms with Gasteiger partial charge in [-0.15, -0.1) is 0 Å². The van der Waals surface area contributed by atoms with Crippen molar-refractivity contribution >= 4 is 34.5 Å². The summed E-state index contributed by atoms with van der Waals surface area (Å²) in [5.41, 5.74) is 5.05. The Morgan fingerprint density at radius 3 is 2.71 bits per heavy atom. The van der Waals surface area contributed by atoms with Crippen molar-refractivity contribution in [1.29, 1.82) is 0 Å². The van der Waals surface area contributed by atoms with Crippen LogP contribution in [0.25, 0.3) is 10.9 Å². The summed E-state index contributed by atoms with van der Waals surface area (Å²) < 4.78 is 6.56. The van der Waals surface area contributed by atoms with Crippen LogP contribution in [0.1, 0.15) is 36.9 Å². The summed E-state index contributed by atoms with van der Waals surface area (Å²) in [7, 11) is 0. The predicted molar refractivity (Wildman–Crippen MR) is 106 cm³/mol. The quantitative estimate of drug-likeness (QED) is 0.374. The SMILES string of the molecule is CC[C@@H](C)n1c(SCC(=O)NNC(=O)c2ccco2)nc2ccccc2c1=O. The number of carbonyl (C=O) groups excluding carboxylic acids is 2. The molecule has 0 unspecified atom stereocenters. The molecule has 3 rings (SSSR count). The molecular weight excluding hydrogens is 380 g/mol. The molecule has 8 nitrogen and oxygen atoms in total. The fourth-order valence-corrected chi connectivity index (χ4v) is 3.46. The van der Waals surface area contributed by atoms with E-state index < -0.39 is 11.8 Å². The molecular formula is C19H20N4O4S. The Morgan fingerprint density at radius 1 is 1.21 bits per heavy atom. The molecule has 2 aromatic heterocycles. The van der Waals surface area contributed by atoms with Crippen LogP contribution in [-0.2, 0) is 4.79 Å². The average Bonchev–Trinajstić information content (AvgIpc) is 3.25. The zero-order valence-electron chi connectivity index (χ0n) is 15.5. The lowest BCUT2D eigenvalue weighted by Crippen LogP contribution is -2.42. The Hall–Kier alpha value is -3.07. The fourth-order valence-electron chi connectivity index (χ4n) is 2.56. The molecule has 3 aromatic rings. The van der Waals surface area contributed by atoms with Gasteiger partial charge in [0.05, 0.1) is 22.9 Å². The zero-order chi connectivity index (χ0) is 20.1. The van der Waals surface area contributed by atoms with Crippen molar-refractivity contribution < 1.29 is 14.0 Å². The molecule has 28 heavy (non-hydrogen) atoms. The van der Waals surface area contributed by atoms with Gasteiger partial charge in [0.1, 0.15) is 0 Å². The number of furan rings is 1. The predicted octanol–water partition coefficient (Wildman–Crippen LogP) is 2.51. The fraction of sp³-hybridized carbons (Fsp3) is 0.263. The van der Waals surface area contributed by atoms with Crippen LogP contribution in [0.4, 0.5) is 0 Å². The van der Waals surface area contributed by atoms with E-state index in [-0.39, 0.29) is 23.1 Å². The van der Waals surface area contributed by atoms with E-state index in [1.54, 1.807) is 28.8 Å². The summed E-state index contributed by atoms with van der Waals surface area (Å²) in [6, 6.07) is 10.1. The van der Waals surface area contributed by atoms with Gasteiger partial charge in [-0.25, -0.2) is 4.98 Å². The van der Waals surface area contributed by atoms with Gasteiger partial charge in [-0.1, -0.05) is 30.8 Å². The summed E-state index contributed by atoms with van der Waals surface area (Å²) in [6.07, 6.45) is 2.12. The number of nitrogens with zero attached hydrogens (tertiary/aromatic N) is 2. The number of hydrogen-bond donors (Lipinski definition) is 2. The molecule has 0 radical (unpaired) electrons. The van der Waals surface area contributed by atoms with E-state index in [0.29, 0.717) is 16.1 Å². The van der Waals surface area contributed by atoms with Gasteiger partial charge in [0, 0.05) is 6.04 Å². The molecule has 146 valence electrons. The average molecular weight is 400 g/mol. The van der Waals surface area contributed by atoms with Crippen LogP contribution in [-0.4, -0.2) is 27.1 Å². The molecule has 2 amide bonds. The molecule has 0 fully saturated rings. The lowest BCUT2D eigenvalue weighted by atomic mass is 10.2. The van der Waals surface area contributed by atoms with Gasteiger partial charge in [0.25, 0.3) is 5.56 Å². The maximum absolute atomic E-state index is 12.9. The second kappa shape index (κ2) is 8.75. The van der Waals surface area contributed by atoms with Gasteiger partial charge in [0.15, 0.2) is 10.9 Å². The van der Waals surface area contributed by atoms with Crippen molar-refractivity contribution in [2.45, 2.75) is 31.5 Å². The highest BCUT2D eigenvalue weighted by atomic mass is 32.2. The van der Waals surface area contributed by atoms with Gasteiger partial charge in [-0.05, 0) is 37.6 Å². The molecule has 0 saturated carbocycles. The van der Waals surface area contributed by atoms with Gasteiger partial charge in [-0.3, -0.25) is 29.8 Å². The first kappa shape index (κ1) is 19.7. The molecule has 0 aliphatic rings. The van der Waals surface area contributed by atoms with Crippen LogP contribution in [0.2, 0.25) is 0 Å². The minimum Gasteiger partial charge on any atom is -0.459 e. The van der Waals surface area contributed by atoms with Crippen LogP contribution >= 0.6 is 11.8 Å².